The minimum Gasteiger partial charge on any atom is -0.494 e. The van der Waals surface area contributed by atoms with Crippen LogP contribution in [0.1, 0.15) is 58.6 Å². The van der Waals surface area contributed by atoms with Crippen molar-refractivity contribution in [1.82, 2.24) is 4.90 Å². The lowest BCUT2D eigenvalue weighted by Crippen LogP contribution is -2.40. The minimum absolute atomic E-state index is 0.0482. The molecule has 1 saturated heterocycles. The van der Waals surface area contributed by atoms with E-state index in [0.29, 0.717) is 23.0 Å². The van der Waals surface area contributed by atoms with Gasteiger partial charge >= 0.3 is 5.97 Å². The van der Waals surface area contributed by atoms with Gasteiger partial charge in [-0.2, -0.15) is 0 Å². The zero-order chi connectivity index (χ0) is 21.0. The summed E-state index contributed by atoms with van der Waals surface area (Å²) < 4.78 is 11.1. The largest absolute Gasteiger partial charge is 0.494 e. The van der Waals surface area contributed by atoms with Gasteiger partial charge in [-0.05, 0) is 44.9 Å². The predicted octanol–water partition coefficient (Wildman–Crippen LogP) is 4.47. The minimum atomic E-state index is -0.541. The number of esters is 1. The van der Waals surface area contributed by atoms with Crippen molar-refractivity contribution in [2.45, 2.75) is 58.2 Å². The molecule has 0 bridgehead atoms. The van der Waals surface area contributed by atoms with Crippen molar-refractivity contribution in [3.05, 3.63) is 41.1 Å². The summed E-state index contributed by atoms with van der Waals surface area (Å²) >= 11 is 1.42. The summed E-state index contributed by atoms with van der Waals surface area (Å²) in [7, 11) is 0. The number of aliphatic imine (C=N–C) groups is 1. The first kappa shape index (κ1) is 21.4. The Hall–Kier alpha value is -2.28. The Bertz CT molecular complexity index is 832. The van der Waals surface area contributed by atoms with Crippen LogP contribution < -0.4 is 4.74 Å². The van der Waals surface area contributed by atoms with E-state index >= 15 is 0 Å². The van der Waals surface area contributed by atoms with E-state index in [-0.39, 0.29) is 17.8 Å². The van der Waals surface area contributed by atoms with Crippen LogP contribution in [0, 0.1) is 0 Å². The Labute approximate surface area is 176 Å². The Morgan fingerprint density at radius 2 is 1.93 bits per heavy atom. The van der Waals surface area contributed by atoms with Crippen LogP contribution in [0.2, 0.25) is 0 Å². The fourth-order valence-electron chi connectivity index (χ4n) is 3.48. The molecule has 0 N–H and O–H groups in total. The number of amidine groups is 1. The molecule has 2 aliphatic heterocycles. The molecule has 1 aromatic rings. The van der Waals surface area contributed by atoms with Gasteiger partial charge in [0, 0.05) is 0 Å². The average molecular weight is 417 g/mol. The summed E-state index contributed by atoms with van der Waals surface area (Å²) in [6.07, 6.45) is 3.31. The number of hydrogen-bond acceptors (Lipinski definition) is 6. The molecule has 29 heavy (non-hydrogen) atoms. The van der Waals surface area contributed by atoms with Gasteiger partial charge in [0.2, 0.25) is 5.91 Å². The molecule has 1 aromatic carbocycles. The van der Waals surface area contributed by atoms with Crippen LogP contribution in [0.5, 0.6) is 5.75 Å². The molecule has 0 radical (unpaired) electrons. The molecule has 3 rings (SSSR count). The maximum atomic E-state index is 12.9. The molecule has 7 heteroatoms. The number of ether oxygens (including phenoxy) is 2. The summed E-state index contributed by atoms with van der Waals surface area (Å²) in [4.78, 5) is 31.7. The third kappa shape index (κ3) is 4.50. The molecule has 2 aliphatic rings. The van der Waals surface area contributed by atoms with Gasteiger partial charge < -0.3 is 9.47 Å². The molecule has 2 atom stereocenters. The summed E-state index contributed by atoms with van der Waals surface area (Å²) in [6.45, 7) is 8.53. The zero-order valence-corrected chi connectivity index (χ0v) is 18.3. The van der Waals surface area contributed by atoms with Crippen molar-refractivity contribution in [3.8, 4) is 5.75 Å². The number of carbonyl (C=O) groups is 2. The SMILES string of the molecule is CCCCCOc1ccc([C@@H]2C(C(=O)OCC)=C(C)N=C3S[C@H](C)C(=O)N32)cc1. The van der Waals surface area contributed by atoms with E-state index in [1.54, 1.807) is 18.7 Å². The van der Waals surface area contributed by atoms with Crippen LogP contribution in [0.25, 0.3) is 0 Å². The van der Waals surface area contributed by atoms with Gasteiger partial charge in [0.15, 0.2) is 5.17 Å². The molecular weight excluding hydrogens is 388 g/mol. The van der Waals surface area contributed by atoms with Crippen molar-refractivity contribution < 1.29 is 19.1 Å². The van der Waals surface area contributed by atoms with Crippen molar-refractivity contribution in [2.75, 3.05) is 13.2 Å². The second-order valence-electron chi connectivity index (χ2n) is 7.11. The molecule has 0 aliphatic carbocycles. The van der Waals surface area contributed by atoms with Crippen LogP contribution in [-0.4, -0.2) is 40.4 Å². The highest BCUT2D eigenvalue weighted by molar-refractivity contribution is 8.15. The Balaban J connectivity index is 1.91. The number of rotatable bonds is 8. The number of hydrogen-bond donors (Lipinski definition) is 0. The number of carbonyl (C=O) groups excluding carboxylic acids is 2. The van der Waals surface area contributed by atoms with E-state index in [9.17, 15) is 9.59 Å². The normalized spacial score (nSPS) is 21.2. The number of thioether (sulfide) groups is 1. The molecule has 1 amide bonds. The number of benzene rings is 1. The lowest BCUT2D eigenvalue weighted by atomic mass is 9.94. The van der Waals surface area contributed by atoms with Gasteiger partial charge in [0.05, 0.1) is 35.8 Å². The van der Waals surface area contributed by atoms with Crippen LogP contribution in [0.3, 0.4) is 0 Å². The van der Waals surface area contributed by atoms with Gasteiger partial charge in [-0.25, -0.2) is 9.79 Å². The molecule has 0 aromatic heterocycles. The molecule has 156 valence electrons. The number of allylic oxidation sites excluding steroid dienone is 1. The van der Waals surface area contributed by atoms with Gasteiger partial charge in [-0.15, -0.1) is 0 Å². The third-order valence-electron chi connectivity index (χ3n) is 4.97. The van der Waals surface area contributed by atoms with Gasteiger partial charge in [-0.1, -0.05) is 43.7 Å². The molecule has 2 heterocycles. The van der Waals surface area contributed by atoms with E-state index in [0.717, 1.165) is 30.6 Å². The molecule has 6 nitrogen and oxygen atoms in total. The average Bonchev–Trinajstić information content (AvgIpc) is 2.98. The van der Waals surface area contributed by atoms with Crippen LogP contribution >= 0.6 is 11.8 Å². The second kappa shape index (κ2) is 9.48. The van der Waals surface area contributed by atoms with Crippen LogP contribution in [0.15, 0.2) is 40.5 Å². The molecule has 0 spiro atoms. The van der Waals surface area contributed by atoms with Crippen LogP contribution in [0.4, 0.5) is 0 Å². The first-order valence-corrected chi connectivity index (χ1v) is 11.0. The summed E-state index contributed by atoms with van der Waals surface area (Å²) in [5.74, 6) is 0.298. The molecule has 1 fully saturated rings. The van der Waals surface area contributed by atoms with Crippen LogP contribution in [-0.2, 0) is 14.3 Å². The quantitative estimate of drug-likeness (QED) is 0.462. The maximum Gasteiger partial charge on any atom is 0.338 e. The maximum absolute atomic E-state index is 12.9. The smallest absolute Gasteiger partial charge is 0.338 e. The van der Waals surface area contributed by atoms with E-state index in [2.05, 4.69) is 11.9 Å². The first-order valence-electron chi connectivity index (χ1n) is 10.2. The fourth-order valence-corrected chi connectivity index (χ4v) is 4.51. The van der Waals surface area contributed by atoms with E-state index in [4.69, 9.17) is 9.47 Å². The Kier molecular flexibility index (Phi) is 7.00. The summed E-state index contributed by atoms with van der Waals surface area (Å²) in [5, 5.41) is 0.407. The first-order chi connectivity index (χ1) is 14.0. The van der Waals surface area contributed by atoms with E-state index in [1.165, 1.54) is 11.8 Å². The lowest BCUT2D eigenvalue weighted by Gasteiger charge is -2.33. The number of unbranched alkanes of at least 4 members (excludes halogenated alkanes) is 2. The van der Waals surface area contributed by atoms with Crippen molar-refractivity contribution in [1.29, 1.82) is 0 Å². The van der Waals surface area contributed by atoms with Gasteiger partial charge in [0.25, 0.3) is 0 Å². The Morgan fingerprint density at radius 3 is 2.59 bits per heavy atom. The third-order valence-corrected chi connectivity index (χ3v) is 6.02. The highest BCUT2D eigenvalue weighted by Gasteiger charge is 2.46. The van der Waals surface area contributed by atoms with Gasteiger partial charge in [-0.3, -0.25) is 9.69 Å². The topological polar surface area (TPSA) is 68.2 Å². The van der Waals surface area contributed by atoms with Crippen molar-refractivity contribution in [2.24, 2.45) is 4.99 Å². The summed E-state index contributed by atoms with van der Waals surface area (Å²) in [6, 6.07) is 7.07. The highest BCUT2D eigenvalue weighted by Crippen LogP contribution is 2.43. The molecular formula is C22H28N2O4S. The van der Waals surface area contributed by atoms with E-state index in [1.807, 2.05) is 31.2 Å². The second-order valence-corrected chi connectivity index (χ2v) is 8.42. The molecule has 0 unspecified atom stereocenters. The Morgan fingerprint density at radius 1 is 1.21 bits per heavy atom. The number of fused-ring (bicyclic) bond motifs is 1. The number of nitrogens with zero attached hydrogens (tertiary/aromatic N) is 2. The van der Waals surface area contributed by atoms with E-state index < -0.39 is 12.0 Å². The van der Waals surface area contributed by atoms with Gasteiger partial charge in [0.1, 0.15) is 5.75 Å². The lowest BCUT2D eigenvalue weighted by molar-refractivity contribution is -0.139. The van der Waals surface area contributed by atoms with Crippen molar-refractivity contribution >= 4 is 28.8 Å². The zero-order valence-electron chi connectivity index (χ0n) is 17.4. The fraction of sp³-hybridized carbons (Fsp3) is 0.500. The predicted molar refractivity (Wildman–Crippen MR) is 115 cm³/mol. The standard InChI is InChI=1S/C22H28N2O4S/c1-5-7-8-13-28-17-11-9-16(10-12-17)19-18(21(26)27-6-2)14(3)23-22-24(19)20(25)15(4)29-22/h9-12,15,19H,5-8,13H2,1-4H3/t15-,19-/m1/s1. The molecule has 0 saturated carbocycles. The number of amides is 1. The van der Waals surface area contributed by atoms with Crippen molar-refractivity contribution in [3.63, 3.8) is 0 Å². The summed E-state index contributed by atoms with van der Waals surface area (Å²) in [5.41, 5.74) is 1.84. The monoisotopic (exact) mass is 416 g/mol. The highest BCUT2D eigenvalue weighted by atomic mass is 32.2.